The molecule has 1 aromatic carbocycles. The van der Waals surface area contributed by atoms with Crippen LogP contribution in [-0.4, -0.2) is 28.9 Å². The zero-order valence-electron chi connectivity index (χ0n) is 12.0. The lowest BCUT2D eigenvalue weighted by Crippen LogP contribution is -2.33. The predicted molar refractivity (Wildman–Crippen MR) is 81.6 cm³/mol. The molecule has 1 saturated carbocycles. The van der Waals surface area contributed by atoms with Crippen LogP contribution in [0.25, 0.3) is 5.69 Å². The van der Waals surface area contributed by atoms with Gasteiger partial charge >= 0.3 is 0 Å². The smallest absolute Gasteiger partial charge is 0.189 e. The van der Waals surface area contributed by atoms with Crippen LogP contribution in [0.15, 0.2) is 41.5 Å². The molecular weight excluding hydrogens is 266 g/mol. The third-order valence-corrected chi connectivity index (χ3v) is 3.32. The number of nitrogens with zero attached hydrogens (tertiary/aromatic N) is 3. The monoisotopic (exact) mass is 285 g/mol. The zero-order valence-corrected chi connectivity index (χ0v) is 12.0. The Morgan fingerprint density at radius 3 is 2.81 bits per heavy atom. The first-order chi connectivity index (χ1) is 10.2. The van der Waals surface area contributed by atoms with Crippen LogP contribution in [0.4, 0.5) is 0 Å². The van der Waals surface area contributed by atoms with E-state index >= 15 is 0 Å². The van der Waals surface area contributed by atoms with Crippen LogP contribution in [0.3, 0.4) is 0 Å². The van der Waals surface area contributed by atoms with E-state index in [1.54, 1.807) is 7.11 Å². The number of ether oxygens (including phenoxy) is 1. The van der Waals surface area contributed by atoms with Crippen molar-refractivity contribution in [3.8, 4) is 11.4 Å². The van der Waals surface area contributed by atoms with Gasteiger partial charge in [-0.15, -0.1) is 0 Å². The molecule has 1 aliphatic carbocycles. The number of hydrogen-bond acceptors (Lipinski definition) is 3. The van der Waals surface area contributed by atoms with E-state index in [1.165, 1.54) is 12.8 Å². The van der Waals surface area contributed by atoms with Gasteiger partial charge < -0.3 is 15.8 Å². The molecule has 0 radical (unpaired) electrons. The van der Waals surface area contributed by atoms with Crippen LogP contribution in [0.5, 0.6) is 5.75 Å². The lowest BCUT2D eigenvalue weighted by molar-refractivity contribution is 0.414. The maximum Gasteiger partial charge on any atom is 0.189 e. The van der Waals surface area contributed by atoms with Crippen LogP contribution >= 0.6 is 0 Å². The highest BCUT2D eigenvalue weighted by atomic mass is 16.5. The largest absolute Gasteiger partial charge is 0.497 e. The highest BCUT2D eigenvalue weighted by molar-refractivity contribution is 5.78. The summed E-state index contributed by atoms with van der Waals surface area (Å²) in [6.45, 7) is 0.481. The molecule has 21 heavy (non-hydrogen) atoms. The summed E-state index contributed by atoms with van der Waals surface area (Å²) in [5.41, 5.74) is 7.67. The molecule has 0 atom stereocenters. The van der Waals surface area contributed by atoms with Gasteiger partial charge in [0.1, 0.15) is 5.75 Å². The molecule has 3 N–H and O–H groups in total. The number of aliphatic imine (C=N–C) groups is 1. The van der Waals surface area contributed by atoms with Crippen molar-refractivity contribution < 1.29 is 4.74 Å². The predicted octanol–water partition coefficient (Wildman–Crippen LogP) is 1.45. The summed E-state index contributed by atoms with van der Waals surface area (Å²) < 4.78 is 6.96. The molecule has 2 aromatic rings. The molecule has 0 bridgehead atoms. The van der Waals surface area contributed by atoms with Crippen molar-refractivity contribution in [3.05, 3.63) is 42.2 Å². The highest BCUT2D eigenvalue weighted by Crippen LogP contribution is 2.18. The van der Waals surface area contributed by atoms with E-state index in [-0.39, 0.29) is 0 Å². The average Bonchev–Trinajstić information content (AvgIpc) is 3.19. The molecule has 6 heteroatoms. The fourth-order valence-electron chi connectivity index (χ4n) is 1.97. The third-order valence-electron chi connectivity index (χ3n) is 3.32. The van der Waals surface area contributed by atoms with Crippen LogP contribution < -0.4 is 15.8 Å². The number of guanidine groups is 1. The minimum absolute atomic E-state index is 0.481. The van der Waals surface area contributed by atoms with Gasteiger partial charge in [-0.3, -0.25) is 0 Å². The molecule has 0 saturated heterocycles. The van der Waals surface area contributed by atoms with E-state index in [1.807, 2.05) is 41.2 Å². The van der Waals surface area contributed by atoms with E-state index in [2.05, 4.69) is 15.4 Å². The summed E-state index contributed by atoms with van der Waals surface area (Å²) in [6.07, 6.45) is 4.28. The van der Waals surface area contributed by atoms with Crippen molar-refractivity contribution in [1.82, 2.24) is 15.1 Å². The first kappa shape index (κ1) is 13.5. The molecule has 1 aliphatic rings. The molecule has 3 rings (SSSR count). The average molecular weight is 285 g/mol. The summed E-state index contributed by atoms with van der Waals surface area (Å²) in [5, 5.41) is 7.64. The van der Waals surface area contributed by atoms with Crippen LogP contribution in [0.1, 0.15) is 18.5 Å². The second-order valence-electron chi connectivity index (χ2n) is 5.07. The summed E-state index contributed by atoms with van der Waals surface area (Å²) in [7, 11) is 1.65. The van der Waals surface area contributed by atoms with Crippen molar-refractivity contribution in [3.63, 3.8) is 0 Å². The van der Waals surface area contributed by atoms with Gasteiger partial charge in [0.2, 0.25) is 0 Å². The molecule has 0 spiro atoms. The minimum Gasteiger partial charge on any atom is -0.497 e. The first-order valence-corrected chi connectivity index (χ1v) is 7.00. The van der Waals surface area contributed by atoms with Crippen molar-refractivity contribution in [2.24, 2.45) is 10.7 Å². The summed E-state index contributed by atoms with van der Waals surface area (Å²) in [6, 6.07) is 10.2. The fraction of sp³-hybridized carbons (Fsp3) is 0.333. The van der Waals surface area contributed by atoms with E-state index < -0.39 is 0 Å². The zero-order chi connectivity index (χ0) is 14.7. The van der Waals surface area contributed by atoms with Crippen LogP contribution in [-0.2, 0) is 6.54 Å². The van der Waals surface area contributed by atoms with Crippen molar-refractivity contribution in [2.75, 3.05) is 7.11 Å². The number of methoxy groups -OCH3 is 1. The van der Waals surface area contributed by atoms with E-state index in [9.17, 15) is 0 Å². The first-order valence-electron chi connectivity index (χ1n) is 7.00. The maximum absolute atomic E-state index is 5.80. The van der Waals surface area contributed by atoms with Gasteiger partial charge in [-0.25, -0.2) is 9.67 Å². The van der Waals surface area contributed by atoms with Crippen LogP contribution in [0, 0.1) is 0 Å². The molecule has 1 heterocycles. The molecule has 1 fully saturated rings. The molecule has 0 amide bonds. The SMILES string of the molecule is COc1ccc(-n2ccc(CN=C(N)NC3CC3)n2)cc1. The Hall–Kier alpha value is -2.50. The lowest BCUT2D eigenvalue weighted by Gasteiger charge is -2.03. The Morgan fingerprint density at radius 2 is 2.14 bits per heavy atom. The minimum atomic E-state index is 0.481. The van der Waals surface area contributed by atoms with E-state index in [4.69, 9.17) is 10.5 Å². The summed E-state index contributed by atoms with van der Waals surface area (Å²) in [4.78, 5) is 4.30. The van der Waals surface area contributed by atoms with Gasteiger partial charge in [0.15, 0.2) is 5.96 Å². The summed E-state index contributed by atoms with van der Waals surface area (Å²) >= 11 is 0. The third kappa shape index (κ3) is 3.53. The van der Waals surface area contributed by atoms with Crippen molar-refractivity contribution in [1.29, 1.82) is 0 Å². The Balaban J connectivity index is 1.64. The number of nitrogens with two attached hydrogens (primary N) is 1. The molecule has 110 valence electrons. The highest BCUT2D eigenvalue weighted by Gasteiger charge is 2.21. The maximum atomic E-state index is 5.80. The second kappa shape index (κ2) is 5.87. The van der Waals surface area contributed by atoms with Gasteiger partial charge in [-0.2, -0.15) is 5.10 Å². The quantitative estimate of drug-likeness (QED) is 0.644. The molecule has 6 nitrogen and oxygen atoms in total. The summed E-state index contributed by atoms with van der Waals surface area (Å²) in [5.74, 6) is 1.33. The second-order valence-corrected chi connectivity index (χ2v) is 5.07. The van der Waals surface area contributed by atoms with Gasteiger partial charge in [-0.05, 0) is 43.2 Å². The van der Waals surface area contributed by atoms with E-state index in [0.29, 0.717) is 18.5 Å². The van der Waals surface area contributed by atoms with E-state index in [0.717, 1.165) is 17.1 Å². The fourth-order valence-corrected chi connectivity index (χ4v) is 1.97. The standard InChI is InChI=1S/C15H19N5O/c1-21-14-6-4-13(5-7-14)20-9-8-12(19-20)10-17-15(16)18-11-2-3-11/h4-9,11H,2-3,10H2,1H3,(H3,16,17,18). The van der Waals surface area contributed by atoms with Crippen molar-refractivity contribution in [2.45, 2.75) is 25.4 Å². The number of benzene rings is 1. The lowest BCUT2D eigenvalue weighted by atomic mass is 10.3. The molecular formula is C15H19N5O. The van der Waals surface area contributed by atoms with Gasteiger partial charge in [0.25, 0.3) is 0 Å². The Bertz CT molecular complexity index is 628. The number of nitrogens with one attached hydrogen (secondary N) is 1. The Morgan fingerprint density at radius 1 is 1.38 bits per heavy atom. The molecule has 1 aromatic heterocycles. The Kier molecular flexibility index (Phi) is 3.77. The van der Waals surface area contributed by atoms with Crippen molar-refractivity contribution >= 4 is 5.96 Å². The van der Waals surface area contributed by atoms with Gasteiger partial charge in [0, 0.05) is 12.2 Å². The molecule has 0 aliphatic heterocycles. The number of hydrogen-bond donors (Lipinski definition) is 2. The number of aromatic nitrogens is 2. The normalized spacial score (nSPS) is 15.0. The topological polar surface area (TPSA) is 77.5 Å². The van der Waals surface area contributed by atoms with Gasteiger partial charge in [-0.1, -0.05) is 0 Å². The molecule has 0 unspecified atom stereocenters. The Labute approximate surface area is 123 Å². The van der Waals surface area contributed by atoms with Crippen LogP contribution in [0.2, 0.25) is 0 Å². The number of rotatable bonds is 5. The van der Waals surface area contributed by atoms with Gasteiger partial charge in [0.05, 0.1) is 25.0 Å².